The lowest BCUT2D eigenvalue weighted by atomic mass is 10.2. The number of carbonyl (C=O) groups is 2. The first kappa shape index (κ1) is 20.2. The summed E-state index contributed by atoms with van der Waals surface area (Å²) in [7, 11) is 0. The molecule has 2 N–H and O–H groups in total. The Bertz CT molecular complexity index is 906. The van der Waals surface area contributed by atoms with Crippen molar-refractivity contribution in [3.8, 4) is 0 Å². The molecule has 1 aromatic heterocycles. The van der Waals surface area contributed by atoms with Crippen molar-refractivity contribution in [1.29, 1.82) is 0 Å². The van der Waals surface area contributed by atoms with Crippen LogP contribution in [0, 0.1) is 0 Å². The molecule has 0 aliphatic carbocycles. The van der Waals surface area contributed by atoms with Crippen molar-refractivity contribution in [2.45, 2.75) is 13.3 Å². The Hall–Kier alpha value is -3.54. The predicted octanol–water partition coefficient (Wildman–Crippen LogP) is 4.18. The zero-order chi connectivity index (χ0) is 20.5. The lowest BCUT2D eigenvalue weighted by Crippen LogP contribution is -2.29. The fourth-order valence-corrected chi connectivity index (χ4v) is 2.99. The third-order valence-corrected chi connectivity index (χ3v) is 4.54. The molecule has 2 amide bonds. The van der Waals surface area contributed by atoms with Gasteiger partial charge < -0.3 is 20.0 Å². The summed E-state index contributed by atoms with van der Waals surface area (Å²) in [6, 6.07) is 20.3. The van der Waals surface area contributed by atoms with E-state index in [4.69, 9.17) is 4.42 Å². The number of hydrogen-bond donors (Lipinski definition) is 2. The maximum atomic E-state index is 12.3. The number of anilines is 2. The number of para-hydroxylation sites is 1. The summed E-state index contributed by atoms with van der Waals surface area (Å²) in [5.74, 6) is -0.216. The summed E-state index contributed by atoms with van der Waals surface area (Å²) < 4.78 is 5.06. The Morgan fingerprint density at radius 1 is 0.931 bits per heavy atom. The van der Waals surface area contributed by atoms with Gasteiger partial charge in [-0.3, -0.25) is 9.59 Å². The second-order valence-electron chi connectivity index (χ2n) is 6.53. The number of carbonyl (C=O) groups excluding carboxylic acids is 2. The van der Waals surface area contributed by atoms with Gasteiger partial charge in [-0.05, 0) is 61.9 Å². The molecule has 0 saturated heterocycles. The van der Waals surface area contributed by atoms with Crippen molar-refractivity contribution in [1.82, 2.24) is 5.32 Å². The molecule has 0 aliphatic heterocycles. The molecule has 1 heterocycles. The average molecular weight is 391 g/mol. The Morgan fingerprint density at radius 2 is 1.69 bits per heavy atom. The molecule has 0 saturated carbocycles. The first-order valence-corrected chi connectivity index (χ1v) is 9.70. The molecule has 3 aromatic rings. The standard InChI is InChI=1S/C23H25N3O3/c1-2-26(20-8-4-3-5-9-20)16-7-15-24-22(27)18-11-13-19(14-12-18)25-23(28)21-10-6-17-29-21/h3-6,8-14,17H,2,7,15-16H2,1H3,(H,24,27)(H,25,28). The number of hydrogen-bond acceptors (Lipinski definition) is 4. The summed E-state index contributed by atoms with van der Waals surface area (Å²) in [6.07, 6.45) is 2.30. The molecule has 3 rings (SSSR count). The monoisotopic (exact) mass is 391 g/mol. The highest BCUT2D eigenvalue weighted by Gasteiger charge is 2.10. The van der Waals surface area contributed by atoms with E-state index in [0.29, 0.717) is 17.8 Å². The molecule has 0 aliphatic rings. The quantitative estimate of drug-likeness (QED) is 0.537. The van der Waals surface area contributed by atoms with Gasteiger partial charge in [-0.2, -0.15) is 0 Å². The van der Waals surface area contributed by atoms with Crippen LogP contribution in [0.3, 0.4) is 0 Å². The summed E-state index contributed by atoms with van der Waals surface area (Å²) in [4.78, 5) is 26.6. The van der Waals surface area contributed by atoms with E-state index in [1.165, 1.54) is 12.0 Å². The Kier molecular flexibility index (Phi) is 7.05. The second kappa shape index (κ2) is 10.1. The molecule has 6 heteroatoms. The van der Waals surface area contributed by atoms with E-state index in [9.17, 15) is 9.59 Å². The van der Waals surface area contributed by atoms with E-state index in [1.54, 1.807) is 36.4 Å². The van der Waals surface area contributed by atoms with Crippen molar-refractivity contribution in [2.75, 3.05) is 29.9 Å². The van der Waals surface area contributed by atoms with Crippen LogP contribution in [0.5, 0.6) is 0 Å². The molecule has 29 heavy (non-hydrogen) atoms. The number of rotatable bonds is 9. The van der Waals surface area contributed by atoms with E-state index in [-0.39, 0.29) is 17.6 Å². The molecular weight excluding hydrogens is 366 g/mol. The van der Waals surface area contributed by atoms with Crippen molar-refractivity contribution in [2.24, 2.45) is 0 Å². The van der Waals surface area contributed by atoms with Gasteiger partial charge in [0, 0.05) is 36.6 Å². The number of nitrogens with zero attached hydrogens (tertiary/aromatic N) is 1. The van der Waals surface area contributed by atoms with Crippen molar-refractivity contribution in [3.05, 3.63) is 84.3 Å². The third-order valence-electron chi connectivity index (χ3n) is 4.54. The molecule has 0 radical (unpaired) electrons. The lowest BCUT2D eigenvalue weighted by Gasteiger charge is -2.23. The highest BCUT2D eigenvalue weighted by atomic mass is 16.3. The second-order valence-corrected chi connectivity index (χ2v) is 6.53. The molecule has 6 nitrogen and oxygen atoms in total. The SMILES string of the molecule is CCN(CCCNC(=O)c1ccc(NC(=O)c2ccco2)cc1)c1ccccc1. The van der Waals surface area contributed by atoms with Gasteiger partial charge in [0.25, 0.3) is 11.8 Å². The van der Waals surface area contributed by atoms with Gasteiger partial charge >= 0.3 is 0 Å². The molecular formula is C23H25N3O3. The van der Waals surface area contributed by atoms with Crippen molar-refractivity contribution < 1.29 is 14.0 Å². The summed E-state index contributed by atoms with van der Waals surface area (Å²) in [5.41, 5.74) is 2.34. The van der Waals surface area contributed by atoms with E-state index < -0.39 is 0 Å². The predicted molar refractivity (Wildman–Crippen MR) is 114 cm³/mol. The van der Waals surface area contributed by atoms with Crippen LogP contribution in [0.25, 0.3) is 0 Å². The normalized spacial score (nSPS) is 10.4. The van der Waals surface area contributed by atoms with Gasteiger partial charge in [-0.25, -0.2) is 0 Å². The third kappa shape index (κ3) is 5.72. The molecule has 0 spiro atoms. The van der Waals surface area contributed by atoms with E-state index >= 15 is 0 Å². The van der Waals surface area contributed by atoms with Crippen LogP contribution in [-0.2, 0) is 0 Å². The minimum absolute atomic E-state index is 0.128. The van der Waals surface area contributed by atoms with Gasteiger partial charge in [0.15, 0.2) is 5.76 Å². The first-order chi connectivity index (χ1) is 14.2. The Morgan fingerprint density at radius 3 is 2.34 bits per heavy atom. The summed E-state index contributed by atoms with van der Waals surface area (Å²) >= 11 is 0. The first-order valence-electron chi connectivity index (χ1n) is 9.70. The number of benzene rings is 2. The van der Waals surface area contributed by atoms with Gasteiger partial charge in [0.2, 0.25) is 0 Å². The van der Waals surface area contributed by atoms with Crippen LogP contribution in [-0.4, -0.2) is 31.4 Å². The fraction of sp³-hybridized carbons (Fsp3) is 0.217. The number of amides is 2. The van der Waals surface area contributed by atoms with Gasteiger partial charge in [0.1, 0.15) is 0 Å². The van der Waals surface area contributed by atoms with Crippen LogP contribution in [0.4, 0.5) is 11.4 Å². The molecule has 150 valence electrons. The average Bonchev–Trinajstić information content (AvgIpc) is 3.30. The summed E-state index contributed by atoms with van der Waals surface area (Å²) in [6.45, 7) is 4.51. The lowest BCUT2D eigenvalue weighted by molar-refractivity contribution is 0.0952. The number of furan rings is 1. The zero-order valence-electron chi connectivity index (χ0n) is 16.4. The molecule has 0 bridgehead atoms. The van der Waals surface area contributed by atoms with Crippen LogP contribution in [0.2, 0.25) is 0 Å². The van der Waals surface area contributed by atoms with Crippen molar-refractivity contribution in [3.63, 3.8) is 0 Å². The van der Waals surface area contributed by atoms with E-state index in [2.05, 4.69) is 34.6 Å². The molecule has 0 fully saturated rings. The van der Waals surface area contributed by atoms with Crippen LogP contribution in [0.1, 0.15) is 34.3 Å². The highest BCUT2D eigenvalue weighted by molar-refractivity contribution is 6.02. The molecule has 2 aromatic carbocycles. The largest absolute Gasteiger partial charge is 0.459 e. The smallest absolute Gasteiger partial charge is 0.291 e. The zero-order valence-corrected chi connectivity index (χ0v) is 16.4. The van der Waals surface area contributed by atoms with Gasteiger partial charge in [-0.1, -0.05) is 18.2 Å². The maximum absolute atomic E-state index is 12.3. The number of nitrogens with one attached hydrogen (secondary N) is 2. The maximum Gasteiger partial charge on any atom is 0.291 e. The van der Waals surface area contributed by atoms with E-state index in [0.717, 1.165) is 19.5 Å². The van der Waals surface area contributed by atoms with Crippen LogP contribution < -0.4 is 15.5 Å². The minimum atomic E-state index is -0.328. The topological polar surface area (TPSA) is 74.6 Å². The van der Waals surface area contributed by atoms with Crippen LogP contribution >= 0.6 is 0 Å². The molecule has 0 atom stereocenters. The van der Waals surface area contributed by atoms with Gasteiger partial charge in [0.05, 0.1) is 6.26 Å². The Labute approximate surface area is 170 Å². The minimum Gasteiger partial charge on any atom is -0.459 e. The summed E-state index contributed by atoms with van der Waals surface area (Å²) in [5, 5.41) is 5.67. The van der Waals surface area contributed by atoms with E-state index in [1.807, 2.05) is 18.2 Å². The highest BCUT2D eigenvalue weighted by Crippen LogP contribution is 2.13. The van der Waals surface area contributed by atoms with Crippen molar-refractivity contribution >= 4 is 23.2 Å². The molecule has 0 unspecified atom stereocenters. The van der Waals surface area contributed by atoms with Crippen LogP contribution in [0.15, 0.2) is 77.4 Å². The Balaban J connectivity index is 1.44. The van der Waals surface area contributed by atoms with Gasteiger partial charge in [-0.15, -0.1) is 0 Å². The fourth-order valence-electron chi connectivity index (χ4n) is 2.99.